The zero-order valence-electron chi connectivity index (χ0n) is 5.79. The molecule has 0 saturated heterocycles. The Balaban J connectivity index is 3.47. The van der Waals surface area contributed by atoms with Crippen LogP contribution < -0.4 is 5.73 Å². The van der Waals surface area contributed by atoms with Gasteiger partial charge in [-0.05, 0) is 28.1 Å². The van der Waals surface area contributed by atoms with Crippen LogP contribution in [-0.2, 0) is 10.2 Å². The van der Waals surface area contributed by atoms with Crippen molar-refractivity contribution < 1.29 is 12.3 Å². The van der Waals surface area contributed by atoms with Crippen LogP contribution >= 0.6 is 15.9 Å². The van der Waals surface area contributed by atoms with E-state index in [4.69, 9.17) is 5.73 Å². The molecule has 1 rings (SSSR count). The first-order chi connectivity index (χ1) is 5.43. The van der Waals surface area contributed by atoms with E-state index in [-0.39, 0.29) is 5.69 Å². The summed E-state index contributed by atoms with van der Waals surface area (Å²) in [6, 6.07) is 4.03. The molecule has 66 valence electrons. The van der Waals surface area contributed by atoms with Crippen LogP contribution in [0.25, 0.3) is 0 Å². The highest BCUT2D eigenvalue weighted by molar-refractivity contribution is 9.10. The van der Waals surface area contributed by atoms with E-state index in [1.54, 1.807) is 0 Å². The van der Waals surface area contributed by atoms with Gasteiger partial charge in [-0.15, -0.1) is 3.89 Å². The maximum atomic E-state index is 12.4. The van der Waals surface area contributed by atoms with Crippen molar-refractivity contribution in [2.45, 2.75) is 4.90 Å². The molecule has 1 aromatic carbocycles. The molecule has 1 aromatic rings. The molecular weight excluding hydrogens is 249 g/mol. The maximum Gasteiger partial charge on any atom is 0.334 e. The van der Waals surface area contributed by atoms with Gasteiger partial charge in [0.2, 0.25) is 0 Å². The zero-order chi connectivity index (χ0) is 9.35. The number of benzene rings is 1. The lowest BCUT2D eigenvalue weighted by atomic mass is 10.3. The second-order valence-corrected chi connectivity index (χ2v) is 4.26. The van der Waals surface area contributed by atoms with Crippen molar-refractivity contribution in [1.29, 1.82) is 0 Å². The Kier molecular flexibility index (Phi) is 2.39. The van der Waals surface area contributed by atoms with Gasteiger partial charge in [-0.25, -0.2) is 0 Å². The van der Waals surface area contributed by atoms with Crippen molar-refractivity contribution in [1.82, 2.24) is 0 Å². The molecule has 0 spiro atoms. The van der Waals surface area contributed by atoms with Gasteiger partial charge >= 0.3 is 10.2 Å². The first-order valence-corrected chi connectivity index (χ1v) is 5.09. The normalized spacial score (nSPS) is 11.5. The van der Waals surface area contributed by atoms with E-state index in [1.165, 1.54) is 12.1 Å². The molecule has 6 heteroatoms. The number of hydrogen-bond acceptors (Lipinski definition) is 3. The van der Waals surface area contributed by atoms with E-state index in [2.05, 4.69) is 15.9 Å². The van der Waals surface area contributed by atoms with Gasteiger partial charge in [0, 0.05) is 4.47 Å². The number of anilines is 1. The van der Waals surface area contributed by atoms with Gasteiger partial charge in [0.25, 0.3) is 0 Å². The Bertz CT molecular complexity index is 404. The third kappa shape index (κ3) is 1.75. The fourth-order valence-corrected chi connectivity index (χ4v) is 1.84. The van der Waals surface area contributed by atoms with Crippen molar-refractivity contribution in [3.8, 4) is 0 Å². The number of hydrogen-bond donors (Lipinski definition) is 1. The van der Waals surface area contributed by atoms with Crippen LogP contribution in [-0.4, -0.2) is 8.42 Å². The van der Waals surface area contributed by atoms with Crippen molar-refractivity contribution in [2.24, 2.45) is 0 Å². The summed E-state index contributed by atoms with van der Waals surface area (Å²) in [5.74, 6) is 0. The predicted molar refractivity (Wildman–Crippen MR) is 46.8 cm³/mol. The maximum absolute atomic E-state index is 12.4. The Morgan fingerprint density at radius 2 is 2.00 bits per heavy atom. The molecule has 2 N–H and O–H groups in total. The minimum atomic E-state index is -4.71. The molecule has 0 saturated carbocycles. The Morgan fingerprint density at radius 1 is 1.42 bits per heavy atom. The molecule has 0 aliphatic heterocycles. The molecule has 0 aliphatic carbocycles. The number of para-hydroxylation sites is 1. The summed E-state index contributed by atoms with van der Waals surface area (Å²) >= 11 is 2.98. The van der Waals surface area contributed by atoms with Crippen molar-refractivity contribution >= 4 is 31.8 Å². The van der Waals surface area contributed by atoms with E-state index < -0.39 is 15.1 Å². The van der Waals surface area contributed by atoms with Crippen molar-refractivity contribution in [3.63, 3.8) is 0 Å². The molecule has 3 nitrogen and oxygen atoms in total. The lowest BCUT2D eigenvalue weighted by Gasteiger charge is -2.01. The number of nitrogen functional groups attached to an aromatic ring is 1. The van der Waals surface area contributed by atoms with Gasteiger partial charge in [0.15, 0.2) is 0 Å². The SMILES string of the molecule is Nc1c(Br)cccc1S(=O)(=O)F. The van der Waals surface area contributed by atoms with Crippen LogP contribution in [0.4, 0.5) is 9.57 Å². The molecule has 0 aromatic heterocycles. The molecule has 0 aliphatic rings. The van der Waals surface area contributed by atoms with E-state index >= 15 is 0 Å². The van der Waals surface area contributed by atoms with Crippen molar-refractivity contribution in [3.05, 3.63) is 22.7 Å². The summed E-state index contributed by atoms with van der Waals surface area (Å²) < 4.78 is 33.7. The van der Waals surface area contributed by atoms with Gasteiger partial charge in [-0.3, -0.25) is 0 Å². The highest BCUT2D eigenvalue weighted by Crippen LogP contribution is 2.27. The Labute approximate surface area is 77.7 Å². The van der Waals surface area contributed by atoms with Crippen LogP contribution in [0.3, 0.4) is 0 Å². The smallest absolute Gasteiger partial charge is 0.334 e. The molecule has 0 radical (unpaired) electrons. The molecule has 12 heavy (non-hydrogen) atoms. The van der Waals surface area contributed by atoms with Crippen molar-refractivity contribution in [2.75, 3.05) is 5.73 Å². The largest absolute Gasteiger partial charge is 0.397 e. The molecule has 0 heterocycles. The quantitative estimate of drug-likeness (QED) is 0.612. The van der Waals surface area contributed by atoms with Crippen LogP contribution in [0.5, 0.6) is 0 Å². The minimum Gasteiger partial charge on any atom is -0.397 e. The van der Waals surface area contributed by atoms with E-state index in [0.29, 0.717) is 4.47 Å². The summed E-state index contributed by atoms with van der Waals surface area (Å²) in [6.07, 6.45) is 0. The highest BCUT2D eigenvalue weighted by atomic mass is 79.9. The Morgan fingerprint density at radius 3 is 2.42 bits per heavy atom. The second-order valence-electron chi connectivity index (χ2n) is 2.09. The van der Waals surface area contributed by atoms with Gasteiger partial charge in [0.1, 0.15) is 4.90 Å². The lowest BCUT2D eigenvalue weighted by Crippen LogP contribution is -1.99. The van der Waals surface area contributed by atoms with Crippen LogP contribution in [0.2, 0.25) is 0 Å². The standard InChI is InChI=1S/C6H5BrFNO2S/c7-4-2-1-3-5(6(4)9)12(8,10)11/h1-3H,9H2. The van der Waals surface area contributed by atoms with E-state index in [0.717, 1.165) is 6.07 Å². The number of nitrogens with two attached hydrogens (primary N) is 1. The summed E-state index contributed by atoms with van der Waals surface area (Å²) in [5.41, 5.74) is 5.19. The highest BCUT2D eigenvalue weighted by Gasteiger charge is 2.16. The zero-order valence-corrected chi connectivity index (χ0v) is 8.19. The Hall–Kier alpha value is -0.620. The second kappa shape index (κ2) is 3.02. The predicted octanol–water partition coefficient (Wildman–Crippen LogP) is 1.69. The van der Waals surface area contributed by atoms with Gasteiger partial charge < -0.3 is 5.73 Å². The molecule has 0 unspecified atom stereocenters. The topological polar surface area (TPSA) is 60.2 Å². The molecule has 0 atom stereocenters. The van der Waals surface area contributed by atoms with E-state index in [9.17, 15) is 12.3 Å². The summed E-state index contributed by atoms with van der Waals surface area (Å²) in [5, 5.41) is 0. The fraction of sp³-hybridized carbons (Fsp3) is 0. The monoisotopic (exact) mass is 253 g/mol. The summed E-state index contributed by atoms with van der Waals surface area (Å²) in [6.45, 7) is 0. The third-order valence-corrected chi connectivity index (χ3v) is 2.85. The first-order valence-electron chi connectivity index (χ1n) is 2.91. The number of halogens is 2. The first kappa shape index (κ1) is 9.47. The average Bonchev–Trinajstić information content (AvgIpc) is 1.92. The molecule has 0 bridgehead atoms. The molecular formula is C6H5BrFNO2S. The van der Waals surface area contributed by atoms with Gasteiger partial charge in [0.05, 0.1) is 5.69 Å². The molecule has 0 amide bonds. The van der Waals surface area contributed by atoms with Gasteiger partial charge in [-0.1, -0.05) is 6.07 Å². The third-order valence-electron chi connectivity index (χ3n) is 1.28. The number of rotatable bonds is 1. The van der Waals surface area contributed by atoms with Crippen LogP contribution in [0.15, 0.2) is 27.6 Å². The van der Waals surface area contributed by atoms with Gasteiger partial charge in [-0.2, -0.15) is 8.42 Å². The van der Waals surface area contributed by atoms with Crippen LogP contribution in [0.1, 0.15) is 0 Å². The van der Waals surface area contributed by atoms with E-state index in [1.807, 2.05) is 0 Å². The minimum absolute atomic E-state index is 0.111. The summed E-state index contributed by atoms with van der Waals surface area (Å²) in [4.78, 5) is -0.503. The average molecular weight is 254 g/mol. The molecule has 0 fully saturated rings. The fourth-order valence-electron chi connectivity index (χ4n) is 0.730. The summed E-state index contributed by atoms with van der Waals surface area (Å²) in [7, 11) is -4.71. The lowest BCUT2D eigenvalue weighted by molar-refractivity contribution is 0.552. The van der Waals surface area contributed by atoms with Crippen LogP contribution in [0, 0.1) is 0 Å².